The van der Waals surface area contributed by atoms with Crippen LogP contribution in [0.3, 0.4) is 0 Å². The molecule has 0 aliphatic heterocycles. The molecule has 1 N–H and O–H groups in total. The summed E-state index contributed by atoms with van der Waals surface area (Å²) in [6, 6.07) is 1.68. The number of nitrogens with one attached hydrogen (secondary N) is 1. The van der Waals surface area contributed by atoms with Crippen molar-refractivity contribution in [2.24, 2.45) is 0 Å². The number of carbonyl (C=O) groups is 1. The number of pyridine rings is 1. The van der Waals surface area contributed by atoms with Crippen molar-refractivity contribution in [2.75, 3.05) is 0 Å². The van der Waals surface area contributed by atoms with Crippen LogP contribution in [0.5, 0.6) is 0 Å². The fourth-order valence-electron chi connectivity index (χ4n) is 1.71. The van der Waals surface area contributed by atoms with Crippen LogP contribution in [0.25, 0.3) is 5.57 Å². The van der Waals surface area contributed by atoms with Gasteiger partial charge in [-0.15, -0.1) is 11.3 Å². The second-order valence-corrected chi connectivity index (χ2v) is 5.85. The molecular weight excluding hydrogens is 270 g/mol. The van der Waals surface area contributed by atoms with E-state index in [4.69, 9.17) is 0 Å². The molecule has 0 aliphatic rings. The van der Waals surface area contributed by atoms with Crippen molar-refractivity contribution in [1.82, 2.24) is 15.3 Å². The Morgan fingerprint density at radius 2 is 2.15 bits per heavy atom. The number of thiazole rings is 1. The first-order valence-corrected chi connectivity index (χ1v) is 7.13. The van der Waals surface area contributed by atoms with Crippen molar-refractivity contribution in [3.8, 4) is 0 Å². The second kappa shape index (κ2) is 5.96. The minimum Gasteiger partial charge on any atom is -0.343 e. The highest BCUT2D eigenvalue weighted by Crippen LogP contribution is 2.24. The van der Waals surface area contributed by atoms with Gasteiger partial charge in [0.15, 0.2) is 0 Å². The molecule has 1 amide bonds. The molecule has 2 rings (SSSR count). The third kappa shape index (κ3) is 3.30. The summed E-state index contributed by atoms with van der Waals surface area (Å²) in [7, 11) is 0. The smallest absolute Gasteiger partial charge is 0.253 e. The summed E-state index contributed by atoms with van der Waals surface area (Å²) in [6.07, 6.45) is 5.08. The van der Waals surface area contributed by atoms with Gasteiger partial charge in [0.05, 0.1) is 11.6 Å². The summed E-state index contributed by atoms with van der Waals surface area (Å²) in [5.41, 5.74) is 2.51. The summed E-state index contributed by atoms with van der Waals surface area (Å²) in [5.74, 6) is -0.138. The zero-order valence-electron chi connectivity index (χ0n) is 11.8. The molecule has 0 radical (unpaired) electrons. The molecular formula is C15H17N3OS. The van der Waals surface area contributed by atoms with Crippen molar-refractivity contribution in [3.05, 3.63) is 52.2 Å². The van der Waals surface area contributed by atoms with Gasteiger partial charge in [-0.2, -0.15) is 0 Å². The van der Waals surface area contributed by atoms with E-state index in [0.29, 0.717) is 5.56 Å². The van der Waals surface area contributed by atoms with Gasteiger partial charge in [-0.1, -0.05) is 6.58 Å². The quantitative estimate of drug-likeness (QED) is 0.938. The van der Waals surface area contributed by atoms with Crippen LogP contribution in [0.4, 0.5) is 0 Å². The summed E-state index contributed by atoms with van der Waals surface area (Å²) >= 11 is 1.55. The number of amides is 1. The van der Waals surface area contributed by atoms with E-state index < -0.39 is 0 Å². The molecule has 104 valence electrons. The van der Waals surface area contributed by atoms with Crippen LogP contribution in [0, 0.1) is 6.92 Å². The van der Waals surface area contributed by atoms with E-state index in [0.717, 1.165) is 21.0 Å². The molecule has 0 saturated heterocycles. The number of aryl methyl sites for hydroxylation is 1. The maximum atomic E-state index is 12.1. The van der Waals surface area contributed by atoms with Crippen molar-refractivity contribution in [3.63, 3.8) is 0 Å². The normalized spacial score (nSPS) is 11.9. The molecule has 0 aliphatic carbocycles. The Bertz CT molecular complexity index is 648. The third-order valence-corrected chi connectivity index (χ3v) is 4.14. The molecule has 0 spiro atoms. The minimum atomic E-state index is -0.138. The minimum absolute atomic E-state index is 0.138. The molecule has 2 heterocycles. The number of rotatable bonds is 4. The van der Waals surface area contributed by atoms with Crippen LogP contribution < -0.4 is 5.32 Å². The largest absolute Gasteiger partial charge is 0.343 e. The van der Waals surface area contributed by atoms with Crippen LogP contribution >= 0.6 is 11.3 Å². The number of allylic oxidation sites excluding steroid dienone is 1. The topological polar surface area (TPSA) is 54.9 Å². The standard InChI is InChI=1S/C15H17N3OS/c1-9(2)13-8-17-15(20-13)11(4)18-14(19)12-5-10(3)6-16-7-12/h5-8,11H,1H2,2-4H3,(H,18,19). The highest BCUT2D eigenvalue weighted by Gasteiger charge is 2.15. The molecule has 2 aromatic heterocycles. The van der Waals surface area contributed by atoms with Crippen LogP contribution in [0.1, 0.15) is 45.7 Å². The van der Waals surface area contributed by atoms with Crippen LogP contribution in [0.15, 0.2) is 31.2 Å². The van der Waals surface area contributed by atoms with Gasteiger partial charge in [-0.25, -0.2) is 4.98 Å². The van der Waals surface area contributed by atoms with E-state index in [-0.39, 0.29) is 11.9 Å². The van der Waals surface area contributed by atoms with Crippen molar-refractivity contribution >= 4 is 22.8 Å². The van der Waals surface area contributed by atoms with Crippen LogP contribution in [0.2, 0.25) is 0 Å². The number of carbonyl (C=O) groups excluding carboxylic acids is 1. The first kappa shape index (κ1) is 14.4. The molecule has 4 nitrogen and oxygen atoms in total. The van der Waals surface area contributed by atoms with Gasteiger partial charge in [0.25, 0.3) is 5.91 Å². The van der Waals surface area contributed by atoms with Crippen LogP contribution in [-0.4, -0.2) is 15.9 Å². The fourth-order valence-corrected chi connectivity index (χ4v) is 2.55. The SMILES string of the molecule is C=C(C)c1cnc(C(C)NC(=O)c2cncc(C)c2)s1. The fraction of sp³-hybridized carbons (Fsp3) is 0.267. The average Bonchev–Trinajstić information content (AvgIpc) is 2.88. The zero-order chi connectivity index (χ0) is 14.7. The second-order valence-electron chi connectivity index (χ2n) is 4.79. The molecule has 0 saturated carbocycles. The predicted octanol–water partition coefficient (Wildman–Crippen LogP) is 3.37. The van der Waals surface area contributed by atoms with E-state index in [1.807, 2.05) is 26.8 Å². The van der Waals surface area contributed by atoms with E-state index in [1.54, 1.807) is 29.9 Å². The lowest BCUT2D eigenvalue weighted by Crippen LogP contribution is -2.26. The monoisotopic (exact) mass is 287 g/mol. The summed E-state index contributed by atoms with van der Waals surface area (Å²) in [5, 5.41) is 3.80. The molecule has 1 unspecified atom stereocenters. The highest BCUT2D eigenvalue weighted by molar-refractivity contribution is 7.12. The Hall–Kier alpha value is -2.01. The number of hydrogen-bond donors (Lipinski definition) is 1. The lowest BCUT2D eigenvalue weighted by molar-refractivity contribution is 0.0939. The van der Waals surface area contributed by atoms with Gasteiger partial charge < -0.3 is 5.32 Å². The Labute approximate surface area is 122 Å². The summed E-state index contributed by atoms with van der Waals surface area (Å²) < 4.78 is 0. The maximum absolute atomic E-state index is 12.1. The molecule has 0 aromatic carbocycles. The number of nitrogens with zero attached hydrogens (tertiary/aromatic N) is 2. The Morgan fingerprint density at radius 1 is 1.40 bits per heavy atom. The number of aromatic nitrogens is 2. The van der Waals surface area contributed by atoms with E-state index in [9.17, 15) is 4.79 Å². The van der Waals surface area contributed by atoms with Crippen LogP contribution in [-0.2, 0) is 0 Å². The Morgan fingerprint density at radius 3 is 2.75 bits per heavy atom. The van der Waals surface area contributed by atoms with Gasteiger partial charge >= 0.3 is 0 Å². The van der Waals surface area contributed by atoms with Gasteiger partial charge in [-0.05, 0) is 38.0 Å². The zero-order valence-corrected chi connectivity index (χ0v) is 12.6. The average molecular weight is 287 g/mol. The van der Waals surface area contributed by atoms with Crippen molar-refractivity contribution in [1.29, 1.82) is 0 Å². The molecule has 1 atom stereocenters. The lowest BCUT2D eigenvalue weighted by atomic mass is 10.2. The molecule has 2 aromatic rings. The first-order chi connectivity index (χ1) is 9.47. The lowest BCUT2D eigenvalue weighted by Gasteiger charge is -2.11. The maximum Gasteiger partial charge on any atom is 0.253 e. The van der Waals surface area contributed by atoms with E-state index >= 15 is 0 Å². The molecule has 0 bridgehead atoms. The third-order valence-electron chi connectivity index (χ3n) is 2.80. The van der Waals surface area contributed by atoms with Gasteiger partial charge in [0, 0.05) is 23.5 Å². The molecule has 20 heavy (non-hydrogen) atoms. The van der Waals surface area contributed by atoms with Gasteiger partial charge in [0.2, 0.25) is 0 Å². The first-order valence-electron chi connectivity index (χ1n) is 6.31. The molecule has 0 fully saturated rings. The highest BCUT2D eigenvalue weighted by atomic mass is 32.1. The summed E-state index contributed by atoms with van der Waals surface area (Å²) in [6.45, 7) is 9.66. The van der Waals surface area contributed by atoms with Crippen molar-refractivity contribution in [2.45, 2.75) is 26.8 Å². The number of hydrogen-bond acceptors (Lipinski definition) is 4. The van der Waals surface area contributed by atoms with E-state index in [1.165, 1.54) is 0 Å². The van der Waals surface area contributed by atoms with Crippen molar-refractivity contribution < 1.29 is 4.79 Å². The Balaban J connectivity index is 2.08. The summed E-state index contributed by atoms with van der Waals surface area (Å²) in [4.78, 5) is 21.5. The predicted molar refractivity (Wildman–Crippen MR) is 81.7 cm³/mol. The van der Waals surface area contributed by atoms with Gasteiger partial charge in [0.1, 0.15) is 5.01 Å². The Kier molecular flexibility index (Phi) is 4.29. The molecule has 5 heteroatoms. The van der Waals surface area contributed by atoms with E-state index in [2.05, 4.69) is 21.9 Å². The van der Waals surface area contributed by atoms with Gasteiger partial charge in [-0.3, -0.25) is 9.78 Å².